The summed E-state index contributed by atoms with van der Waals surface area (Å²) >= 11 is 0. The molecule has 0 fully saturated rings. The smallest absolute Gasteiger partial charge is 0.0593 e. The molecule has 0 unspecified atom stereocenters. The summed E-state index contributed by atoms with van der Waals surface area (Å²) < 4.78 is 5.60. The summed E-state index contributed by atoms with van der Waals surface area (Å²) in [7, 11) is 2.15. The van der Waals surface area contributed by atoms with Gasteiger partial charge in [-0.3, -0.25) is 0 Å². The third-order valence-electron chi connectivity index (χ3n) is 2.61. The van der Waals surface area contributed by atoms with Gasteiger partial charge in [0.05, 0.1) is 6.61 Å². The molecule has 0 aliphatic carbocycles. The zero-order chi connectivity index (χ0) is 13.3. The van der Waals surface area contributed by atoms with E-state index in [4.69, 9.17) is 4.74 Å². The number of nitrogens with zero attached hydrogens (tertiary/aromatic N) is 1. The zero-order valence-corrected chi connectivity index (χ0v) is 12.7. The lowest BCUT2D eigenvalue weighted by Gasteiger charge is -2.23. The van der Waals surface area contributed by atoms with Crippen LogP contribution < -0.4 is 5.32 Å². The molecule has 17 heavy (non-hydrogen) atoms. The van der Waals surface area contributed by atoms with Gasteiger partial charge in [0.25, 0.3) is 0 Å². The summed E-state index contributed by atoms with van der Waals surface area (Å²) in [5, 5.41) is 3.49. The molecule has 0 spiro atoms. The third kappa shape index (κ3) is 13.8. The molecule has 0 aliphatic rings. The Kier molecular flexibility index (Phi) is 8.83. The van der Waals surface area contributed by atoms with Gasteiger partial charge in [-0.2, -0.15) is 0 Å². The van der Waals surface area contributed by atoms with Gasteiger partial charge in [0.1, 0.15) is 0 Å². The van der Waals surface area contributed by atoms with E-state index in [9.17, 15) is 0 Å². The van der Waals surface area contributed by atoms with Crippen molar-refractivity contribution >= 4 is 0 Å². The number of hydrogen-bond acceptors (Lipinski definition) is 3. The fourth-order valence-corrected chi connectivity index (χ4v) is 1.38. The average Bonchev–Trinajstić information content (AvgIpc) is 2.14. The summed E-state index contributed by atoms with van der Waals surface area (Å²) in [6.45, 7) is 15.9. The molecular weight excluding hydrogens is 212 g/mol. The van der Waals surface area contributed by atoms with Gasteiger partial charge in [0, 0.05) is 31.8 Å². The van der Waals surface area contributed by atoms with E-state index in [1.54, 1.807) is 0 Å². The van der Waals surface area contributed by atoms with Crippen LogP contribution in [0.5, 0.6) is 0 Å². The van der Waals surface area contributed by atoms with Crippen molar-refractivity contribution in [2.75, 3.05) is 39.9 Å². The van der Waals surface area contributed by atoms with Crippen LogP contribution in [0.3, 0.4) is 0 Å². The van der Waals surface area contributed by atoms with Gasteiger partial charge in [0.15, 0.2) is 0 Å². The van der Waals surface area contributed by atoms with E-state index in [1.807, 2.05) is 0 Å². The lowest BCUT2D eigenvalue weighted by atomic mass is 10.1. The Morgan fingerprint density at radius 3 is 2.29 bits per heavy atom. The first-order valence-electron chi connectivity index (χ1n) is 6.82. The van der Waals surface area contributed by atoms with Gasteiger partial charge in [-0.15, -0.1) is 0 Å². The van der Waals surface area contributed by atoms with Crippen molar-refractivity contribution in [3.63, 3.8) is 0 Å². The lowest BCUT2D eigenvalue weighted by Crippen LogP contribution is -2.41. The minimum atomic E-state index is 0.217. The van der Waals surface area contributed by atoms with Gasteiger partial charge < -0.3 is 15.0 Å². The summed E-state index contributed by atoms with van der Waals surface area (Å²) in [6.07, 6.45) is 1.16. The SMILES string of the molecule is CC(C)CCOCCN(C)CCNC(C)(C)C. The molecule has 0 aromatic carbocycles. The average molecular weight is 244 g/mol. The molecule has 1 N–H and O–H groups in total. The summed E-state index contributed by atoms with van der Waals surface area (Å²) in [4.78, 5) is 2.31. The third-order valence-corrected chi connectivity index (χ3v) is 2.61. The number of ether oxygens (including phenoxy) is 1. The molecule has 0 rings (SSSR count). The van der Waals surface area contributed by atoms with Gasteiger partial charge in [0.2, 0.25) is 0 Å². The molecular formula is C14H32N2O. The van der Waals surface area contributed by atoms with E-state index < -0.39 is 0 Å². The van der Waals surface area contributed by atoms with Crippen LogP contribution >= 0.6 is 0 Å². The molecule has 0 bridgehead atoms. The molecule has 104 valence electrons. The Labute approximate surface area is 108 Å². The number of hydrogen-bond donors (Lipinski definition) is 1. The number of rotatable bonds is 9. The predicted octanol–water partition coefficient (Wildman–Crippen LogP) is 2.37. The van der Waals surface area contributed by atoms with Crippen molar-refractivity contribution in [2.24, 2.45) is 5.92 Å². The Morgan fingerprint density at radius 1 is 1.12 bits per heavy atom. The maximum absolute atomic E-state index is 5.60. The first-order chi connectivity index (χ1) is 7.81. The molecule has 0 radical (unpaired) electrons. The second kappa shape index (κ2) is 8.90. The van der Waals surface area contributed by atoms with E-state index in [0.29, 0.717) is 0 Å². The fourth-order valence-electron chi connectivity index (χ4n) is 1.38. The molecule has 0 aromatic heterocycles. The summed E-state index contributed by atoms with van der Waals surface area (Å²) in [5.74, 6) is 0.740. The Morgan fingerprint density at radius 2 is 1.76 bits per heavy atom. The highest BCUT2D eigenvalue weighted by Gasteiger charge is 2.08. The molecule has 0 aliphatic heterocycles. The normalized spacial score (nSPS) is 12.7. The quantitative estimate of drug-likeness (QED) is 0.630. The second-order valence-corrected chi connectivity index (χ2v) is 6.27. The van der Waals surface area contributed by atoms with Crippen LogP contribution in [0.15, 0.2) is 0 Å². The lowest BCUT2D eigenvalue weighted by molar-refractivity contribution is 0.103. The van der Waals surface area contributed by atoms with Crippen molar-refractivity contribution in [3.8, 4) is 0 Å². The van der Waals surface area contributed by atoms with Crippen LogP contribution in [0.1, 0.15) is 41.0 Å². The molecule has 0 amide bonds. The molecule has 0 saturated carbocycles. The first kappa shape index (κ1) is 16.9. The fraction of sp³-hybridized carbons (Fsp3) is 1.00. The van der Waals surface area contributed by atoms with E-state index in [-0.39, 0.29) is 5.54 Å². The highest BCUT2D eigenvalue weighted by atomic mass is 16.5. The number of nitrogens with one attached hydrogen (secondary N) is 1. The Bertz CT molecular complexity index is 176. The van der Waals surface area contributed by atoms with Gasteiger partial charge >= 0.3 is 0 Å². The van der Waals surface area contributed by atoms with Crippen LogP contribution in [0.4, 0.5) is 0 Å². The van der Waals surface area contributed by atoms with Gasteiger partial charge in [-0.05, 0) is 40.2 Å². The molecule has 0 atom stereocenters. The minimum absolute atomic E-state index is 0.217. The Balaban J connectivity index is 3.32. The molecule has 0 saturated heterocycles. The van der Waals surface area contributed by atoms with E-state index in [2.05, 4.69) is 51.9 Å². The highest BCUT2D eigenvalue weighted by Crippen LogP contribution is 1.99. The van der Waals surface area contributed by atoms with Crippen molar-refractivity contribution in [3.05, 3.63) is 0 Å². The monoisotopic (exact) mass is 244 g/mol. The van der Waals surface area contributed by atoms with Crippen molar-refractivity contribution in [2.45, 2.75) is 46.6 Å². The molecule has 0 heterocycles. The van der Waals surface area contributed by atoms with Crippen LogP contribution in [0, 0.1) is 5.92 Å². The van der Waals surface area contributed by atoms with Crippen LogP contribution in [-0.2, 0) is 4.74 Å². The van der Waals surface area contributed by atoms with E-state index in [1.165, 1.54) is 0 Å². The van der Waals surface area contributed by atoms with Gasteiger partial charge in [-0.25, -0.2) is 0 Å². The van der Waals surface area contributed by atoms with E-state index >= 15 is 0 Å². The topological polar surface area (TPSA) is 24.5 Å². The van der Waals surface area contributed by atoms with Crippen LogP contribution in [0.2, 0.25) is 0 Å². The van der Waals surface area contributed by atoms with Crippen molar-refractivity contribution in [1.29, 1.82) is 0 Å². The Hall–Kier alpha value is -0.120. The first-order valence-corrected chi connectivity index (χ1v) is 6.82. The number of likely N-dealkylation sites (N-methyl/N-ethyl adjacent to an activating group) is 1. The van der Waals surface area contributed by atoms with Gasteiger partial charge in [-0.1, -0.05) is 13.8 Å². The van der Waals surface area contributed by atoms with Crippen molar-refractivity contribution < 1.29 is 4.74 Å². The highest BCUT2D eigenvalue weighted by molar-refractivity contribution is 4.70. The standard InChI is InChI=1S/C14H32N2O/c1-13(2)7-11-17-12-10-16(6)9-8-15-14(3,4)5/h13,15H,7-12H2,1-6H3. The van der Waals surface area contributed by atoms with E-state index in [0.717, 1.165) is 45.2 Å². The molecule has 3 heteroatoms. The molecule has 0 aromatic rings. The van der Waals surface area contributed by atoms with Crippen molar-refractivity contribution in [1.82, 2.24) is 10.2 Å². The maximum Gasteiger partial charge on any atom is 0.0593 e. The van der Waals surface area contributed by atoms with Crippen LogP contribution in [-0.4, -0.2) is 50.3 Å². The molecule has 3 nitrogen and oxygen atoms in total. The second-order valence-electron chi connectivity index (χ2n) is 6.27. The zero-order valence-electron chi connectivity index (χ0n) is 12.7. The summed E-state index contributed by atoms with van der Waals surface area (Å²) in [5.41, 5.74) is 0.217. The minimum Gasteiger partial charge on any atom is -0.380 e. The summed E-state index contributed by atoms with van der Waals surface area (Å²) in [6, 6.07) is 0. The maximum atomic E-state index is 5.60. The predicted molar refractivity (Wildman–Crippen MR) is 75.5 cm³/mol. The van der Waals surface area contributed by atoms with Crippen LogP contribution in [0.25, 0.3) is 0 Å². The largest absolute Gasteiger partial charge is 0.380 e.